The van der Waals surface area contributed by atoms with Gasteiger partial charge in [-0.25, -0.2) is 0 Å². The molecule has 0 aromatic rings. The third kappa shape index (κ3) is 5.61. The zero-order valence-electron chi connectivity index (χ0n) is 11.2. The lowest BCUT2D eigenvalue weighted by molar-refractivity contribution is 0.253. The second-order valence-corrected chi connectivity index (χ2v) is 5.98. The molecule has 0 N–H and O–H groups in total. The SMILES string of the molecule is C=C/C=C(\C=C/C)C(C)(C)CC(C)(C)C. The van der Waals surface area contributed by atoms with Crippen LogP contribution in [0, 0.1) is 10.8 Å². The molecular formula is C15H26. The van der Waals surface area contributed by atoms with Crippen molar-refractivity contribution in [2.75, 3.05) is 0 Å². The lowest BCUT2D eigenvalue weighted by Gasteiger charge is -2.33. The van der Waals surface area contributed by atoms with E-state index in [-0.39, 0.29) is 5.41 Å². The molecule has 0 unspecified atom stereocenters. The van der Waals surface area contributed by atoms with Gasteiger partial charge in [0.05, 0.1) is 0 Å². The molecule has 0 nitrogen and oxygen atoms in total. The molecule has 0 aliphatic carbocycles. The third-order valence-electron chi connectivity index (χ3n) is 2.40. The fourth-order valence-electron chi connectivity index (χ4n) is 2.24. The fourth-order valence-corrected chi connectivity index (χ4v) is 2.24. The van der Waals surface area contributed by atoms with Crippen LogP contribution >= 0.6 is 0 Å². The Labute approximate surface area is 95.8 Å². The van der Waals surface area contributed by atoms with Gasteiger partial charge in [0.2, 0.25) is 0 Å². The van der Waals surface area contributed by atoms with Crippen molar-refractivity contribution in [2.45, 2.75) is 48.0 Å². The summed E-state index contributed by atoms with van der Waals surface area (Å²) in [6.07, 6.45) is 9.45. The van der Waals surface area contributed by atoms with E-state index >= 15 is 0 Å². The molecule has 0 aliphatic heterocycles. The second kappa shape index (κ2) is 5.34. The van der Waals surface area contributed by atoms with Gasteiger partial charge in [-0.05, 0) is 29.7 Å². The summed E-state index contributed by atoms with van der Waals surface area (Å²) in [5, 5.41) is 0. The van der Waals surface area contributed by atoms with Crippen molar-refractivity contribution in [3.05, 3.63) is 36.5 Å². The normalized spacial score (nSPS) is 14.7. The molecule has 0 saturated heterocycles. The van der Waals surface area contributed by atoms with Crippen LogP contribution in [-0.2, 0) is 0 Å². The van der Waals surface area contributed by atoms with Crippen LogP contribution in [0.15, 0.2) is 36.5 Å². The van der Waals surface area contributed by atoms with E-state index in [9.17, 15) is 0 Å². The molecule has 86 valence electrons. The number of hydrogen-bond donors (Lipinski definition) is 0. The van der Waals surface area contributed by atoms with Gasteiger partial charge in [-0.15, -0.1) is 0 Å². The molecule has 0 aliphatic rings. The van der Waals surface area contributed by atoms with Gasteiger partial charge in [-0.3, -0.25) is 0 Å². The van der Waals surface area contributed by atoms with E-state index < -0.39 is 0 Å². The van der Waals surface area contributed by atoms with Crippen LogP contribution in [0.2, 0.25) is 0 Å². The maximum atomic E-state index is 3.78. The second-order valence-electron chi connectivity index (χ2n) is 5.98. The van der Waals surface area contributed by atoms with E-state index in [0.29, 0.717) is 5.41 Å². The van der Waals surface area contributed by atoms with E-state index in [0.717, 1.165) is 0 Å². The summed E-state index contributed by atoms with van der Waals surface area (Å²) in [7, 11) is 0. The van der Waals surface area contributed by atoms with Crippen LogP contribution in [0.1, 0.15) is 48.0 Å². The van der Waals surface area contributed by atoms with Crippen molar-refractivity contribution in [1.29, 1.82) is 0 Å². The summed E-state index contributed by atoms with van der Waals surface area (Å²) in [6, 6.07) is 0. The van der Waals surface area contributed by atoms with E-state index in [4.69, 9.17) is 0 Å². The highest BCUT2D eigenvalue weighted by atomic mass is 14.3. The van der Waals surface area contributed by atoms with Crippen molar-refractivity contribution in [3.8, 4) is 0 Å². The molecule has 0 heteroatoms. The fraction of sp³-hybridized carbons (Fsp3) is 0.600. The largest absolute Gasteiger partial charge is 0.0991 e. The lowest BCUT2D eigenvalue weighted by atomic mass is 9.71. The first-order chi connectivity index (χ1) is 6.73. The zero-order valence-corrected chi connectivity index (χ0v) is 11.2. The summed E-state index contributed by atoms with van der Waals surface area (Å²) in [5.41, 5.74) is 1.92. The van der Waals surface area contributed by atoms with E-state index in [1.165, 1.54) is 12.0 Å². The molecule has 0 atom stereocenters. The topological polar surface area (TPSA) is 0 Å². The molecule has 0 aromatic carbocycles. The summed E-state index contributed by atoms with van der Waals surface area (Å²) in [4.78, 5) is 0. The highest BCUT2D eigenvalue weighted by molar-refractivity contribution is 5.28. The monoisotopic (exact) mass is 206 g/mol. The summed E-state index contributed by atoms with van der Waals surface area (Å²) >= 11 is 0. The molecule has 0 bridgehead atoms. The first-order valence-corrected chi connectivity index (χ1v) is 5.69. The minimum Gasteiger partial charge on any atom is -0.0991 e. The predicted molar refractivity (Wildman–Crippen MR) is 70.9 cm³/mol. The standard InChI is InChI=1S/C15H26/c1-8-10-13(11-9-2)15(6,7)12-14(3,4)5/h8-11H,1,12H2,2-7H3/b11-9-,13-10+. The predicted octanol–water partition coefficient (Wildman–Crippen LogP) is 5.14. The average molecular weight is 206 g/mol. The minimum atomic E-state index is 0.207. The van der Waals surface area contributed by atoms with Crippen molar-refractivity contribution in [1.82, 2.24) is 0 Å². The maximum Gasteiger partial charge on any atom is -0.00987 e. The van der Waals surface area contributed by atoms with Crippen LogP contribution < -0.4 is 0 Å². The first kappa shape index (κ1) is 14.2. The Balaban J connectivity index is 4.96. The van der Waals surface area contributed by atoms with Crippen molar-refractivity contribution >= 4 is 0 Å². The summed E-state index contributed by atoms with van der Waals surface area (Å²) < 4.78 is 0. The van der Waals surface area contributed by atoms with E-state index in [1.807, 2.05) is 6.08 Å². The Morgan fingerprint density at radius 1 is 1.13 bits per heavy atom. The Morgan fingerprint density at radius 2 is 1.67 bits per heavy atom. The highest BCUT2D eigenvalue weighted by Gasteiger charge is 2.27. The highest BCUT2D eigenvalue weighted by Crippen LogP contribution is 2.39. The van der Waals surface area contributed by atoms with Crippen LogP contribution in [-0.4, -0.2) is 0 Å². The number of rotatable bonds is 4. The van der Waals surface area contributed by atoms with E-state index in [2.05, 4.69) is 66.3 Å². The molecule has 0 spiro atoms. The van der Waals surface area contributed by atoms with Crippen molar-refractivity contribution in [3.63, 3.8) is 0 Å². The first-order valence-electron chi connectivity index (χ1n) is 5.69. The van der Waals surface area contributed by atoms with Gasteiger partial charge in [0.1, 0.15) is 0 Å². The molecule has 0 fully saturated rings. The Hall–Kier alpha value is -0.780. The average Bonchev–Trinajstić information content (AvgIpc) is 1.99. The van der Waals surface area contributed by atoms with E-state index in [1.54, 1.807) is 0 Å². The van der Waals surface area contributed by atoms with Crippen molar-refractivity contribution < 1.29 is 0 Å². The van der Waals surface area contributed by atoms with Gasteiger partial charge in [0, 0.05) is 0 Å². The zero-order chi connectivity index (χ0) is 12.1. The number of hydrogen-bond acceptors (Lipinski definition) is 0. The van der Waals surface area contributed by atoms with Gasteiger partial charge in [0.25, 0.3) is 0 Å². The van der Waals surface area contributed by atoms with Gasteiger partial charge < -0.3 is 0 Å². The molecule has 0 radical (unpaired) electrons. The van der Waals surface area contributed by atoms with Crippen LogP contribution in [0.4, 0.5) is 0 Å². The van der Waals surface area contributed by atoms with Crippen LogP contribution in [0.3, 0.4) is 0 Å². The van der Waals surface area contributed by atoms with Gasteiger partial charge in [0.15, 0.2) is 0 Å². The van der Waals surface area contributed by atoms with Gasteiger partial charge in [-0.2, -0.15) is 0 Å². The Kier molecular flexibility index (Phi) is 5.07. The van der Waals surface area contributed by atoms with Crippen LogP contribution in [0.5, 0.6) is 0 Å². The molecule has 0 saturated carbocycles. The smallest absolute Gasteiger partial charge is 0.00987 e. The maximum absolute atomic E-state index is 3.78. The quantitative estimate of drug-likeness (QED) is 0.559. The number of allylic oxidation sites excluding steroid dienone is 5. The molecular weight excluding hydrogens is 180 g/mol. The van der Waals surface area contributed by atoms with Gasteiger partial charge in [-0.1, -0.05) is 65.5 Å². The molecule has 0 heterocycles. The molecule has 0 aromatic heterocycles. The molecule has 0 rings (SSSR count). The molecule has 15 heavy (non-hydrogen) atoms. The Morgan fingerprint density at radius 3 is 2.00 bits per heavy atom. The van der Waals surface area contributed by atoms with Crippen LogP contribution in [0.25, 0.3) is 0 Å². The van der Waals surface area contributed by atoms with Gasteiger partial charge >= 0.3 is 0 Å². The molecule has 0 amide bonds. The summed E-state index contributed by atoms with van der Waals surface area (Å²) in [5.74, 6) is 0. The Bertz CT molecular complexity index is 256. The lowest BCUT2D eigenvalue weighted by Crippen LogP contribution is -2.22. The summed E-state index contributed by atoms with van der Waals surface area (Å²) in [6.45, 7) is 17.3. The minimum absolute atomic E-state index is 0.207. The van der Waals surface area contributed by atoms with Crippen molar-refractivity contribution in [2.24, 2.45) is 10.8 Å². The third-order valence-corrected chi connectivity index (χ3v) is 2.40.